The summed E-state index contributed by atoms with van der Waals surface area (Å²) in [5, 5.41) is 3.80. The predicted molar refractivity (Wildman–Crippen MR) is 166 cm³/mol. The number of nitrogens with two attached hydrogens (primary N) is 1. The summed E-state index contributed by atoms with van der Waals surface area (Å²) in [6, 6.07) is 12.4. The van der Waals surface area contributed by atoms with E-state index in [1.165, 1.54) is 12.3 Å². The van der Waals surface area contributed by atoms with Gasteiger partial charge in [0, 0.05) is 75.5 Å². The molecule has 0 aliphatic carbocycles. The number of carbonyl (C=O) groups is 2. The Labute approximate surface area is 251 Å². The first-order valence-corrected chi connectivity index (χ1v) is 14.9. The molecule has 10 heteroatoms. The average Bonchev–Trinajstić information content (AvgIpc) is 3.55. The molecule has 1 aliphatic heterocycles. The van der Waals surface area contributed by atoms with Crippen LogP contribution in [0.4, 0.5) is 10.1 Å². The number of carbonyl (C=O) groups excluding carboxylic acids is 2. The van der Waals surface area contributed by atoms with Crippen molar-refractivity contribution in [3.05, 3.63) is 83.3 Å². The standard InChI is InChI=1S/C33H41FN6O3/c1-22-27-8-4-9-28(34)32(27)40(15-6-16-43-3)31(22)24-7-5-14-39(20-24)30(41)18-25(35)17-23-10-12-26(13-11-23)37-33(42)29-19-36-21-38(29)2/h4,8-13,19,21,24-25H,5-7,14-18,20,35H2,1-3H3,(H,37,42). The zero-order valence-electron chi connectivity index (χ0n) is 25.2. The van der Waals surface area contributed by atoms with Crippen LogP contribution in [-0.4, -0.2) is 63.7 Å². The van der Waals surface area contributed by atoms with Crippen LogP contribution in [0.25, 0.3) is 10.9 Å². The number of nitrogens with one attached hydrogen (secondary N) is 1. The maximum absolute atomic E-state index is 15.0. The number of imidazole rings is 1. The zero-order valence-corrected chi connectivity index (χ0v) is 25.2. The molecule has 228 valence electrons. The van der Waals surface area contributed by atoms with Crippen molar-refractivity contribution in [2.24, 2.45) is 12.8 Å². The molecule has 43 heavy (non-hydrogen) atoms. The molecule has 4 aromatic rings. The lowest BCUT2D eigenvalue weighted by Gasteiger charge is -2.34. The highest BCUT2D eigenvalue weighted by Crippen LogP contribution is 2.36. The van der Waals surface area contributed by atoms with Crippen molar-refractivity contribution in [2.45, 2.75) is 57.5 Å². The third-order valence-corrected chi connectivity index (χ3v) is 8.42. The largest absolute Gasteiger partial charge is 0.385 e. The number of anilines is 1. The summed E-state index contributed by atoms with van der Waals surface area (Å²) < 4.78 is 24.1. The van der Waals surface area contributed by atoms with Crippen LogP contribution in [-0.2, 0) is 29.5 Å². The number of amides is 2. The molecule has 0 saturated carbocycles. The number of ether oxygens (including phenoxy) is 1. The Hall–Kier alpha value is -4.02. The van der Waals surface area contributed by atoms with Crippen LogP contribution in [0.2, 0.25) is 0 Å². The smallest absolute Gasteiger partial charge is 0.273 e. The van der Waals surface area contributed by atoms with E-state index in [4.69, 9.17) is 10.5 Å². The van der Waals surface area contributed by atoms with Crippen LogP contribution in [0.15, 0.2) is 55.0 Å². The molecule has 2 aromatic heterocycles. The Balaban J connectivity index is 1.21. The highest BCUT2D eigenvalue weighted by atomic mass is 19.1. The van der Waals surface area contributed by atoms with E-state index in [-0.39, 0.29) is 36.0 Å². The molecule has 3 heterocycles. The molecule has 5 rings (SSSR count). The fourth-order valence-corrected chi connectivity index (χ4v) is 6.33. The van der Waals surface area contributed by atoms with Gasteiger partial charge in [-0.05, 0) is 61.9 Å². The van der Waals surface area contributed by atoms with E-state index in [2.05, 4.69) is 21.8 Å². The number of aryl methyl sites for hydroxylation is 3. The van der Waals surface area contributed by atoms with Gasteiger partial charge in [0.1, 0.15) is 11.5 Å². The van der Waals surface area contributed by atoms with E-state index in [9.17, 15) is 9.59 Å². The van der Waals surface area contributed by atoms with Crippen molar-refractivity contribution in [1.29, 1.82) is 0 Å². The second-order valence-corrected chi connectivity index (χ2v) is 11.5. The first-order valence-electron chi connectivity index (χ1n) is 14.9. The van der Waals surface area contributed by atoms with E-state index in [0.717, 1.165) is 41.5 Å². The Kier molecular flexibility index (Phi) is 9.57. The average molecular weight is 589 g/mol. The van der Waals surface area contributed by atoms with Gasteiger partial charge < -0.3 is 29.8 Å². The summed E-state index contributed by atoms with van der Waals surface area (Å²) >= 11 is 0. The lowest BCUT2D eigenvalue weighted by molar-refractivity contribution is -0.132. The normalized spacial score (nSPS) is 16.0. The monoisotopic (exact) mass is 588 g/mol. The maximum Gasteiger partial charge on any atom is 0.273 e. The summed E-state index contributed by atoms with van der Waals surface area (Å²) in [6.07, 6.45) is 6.51. The van der Waals surface area contributed by atoms with Gasteiger partial charge in [-0.3, -0.25) is 9.59 Å². The number of nitrogens with zero attached hydrogens (tertiary/aromatic N) is 4. The quantitative estimate of drug-likeness (QED) is 0.245. The van der Waals surface area contributed by atoms with Gasteiger partial charge in [0.2, 0.25) is 5.91 Å². The molecule has 1 aliphatic rings. The van der Waals surface area contributed by atoms with E-state index in [1.807, 2.05) is 35.2 Å². The number of rotatable bonds is 11. The summed E-state index contributed by atoms with van der Waals surface area (Å²) in [5.74, 6) is -0.283. The van der Waals surface area contributed by atoms with Crippen molar-refractivity contribution in [3.63, 3.8) is 0 Å². The van der Waals surface area contributed by atoms with Gasteiger partial charge in [0.25, 0.3) is 5.91 Å². The van der Waals surface area contributed by atoms with E-state index in [1.54, 1.807) is 31.1 Å². The lowest BCUT2D eigenvalue weighted by Crippen LogP contribution is -2.42. The number of aromatic nitrogens is 3. The molecular formula is C33H41FN6O3. The van der Waals surface area contributed by atoms with Crippen LogP contribution in [0.5, 0.6) is 0 Å². The molecule has 9 nitrogen and oxygen atoms in total. The summed E-state index contributed by atoms with van der Waals surface area (Å²) in [5.41, 5.74) is 11.4. The van der Waals surface area contributed by atoms with Gasteiger partial charge in [-0.25, -0.2) is 9.37 Å². The predicted octanol–water partition coefficient (Wildman–Crippen LogP) is 4.78. The van der Waals surface area contributed by atoms with Crippen LogP contribution in [0, 0.1) is 12.7 Å². The fourth-order valence-electron chi connectivity index (χ4n) is 6.33. The van der Waals surface area contributed by atoms with E-state index in [0.29, 0.717) is 49.6 Å². The third-order valence-electron chi connectivity index (χ3n) is 8.42. The number of hydrogen-bond donors (Lipinski definition) is 2. The third kappa shape index (κ3) is 6.81. The Morgan fingerprint density at radius 1 is 1.21 bits per heavy atom. The number of para-hydroxylation sites is 1. The number of piperidine rings is 1. The lowest BCUT2D eigenvalue weighted by atomic mass is 9.91. The van der Waals surface area contributed by atoms with Gasteiger partial charge in [0.15, 0.2) is 0 Å². The molecule has 2 atom stereocenters. The van der Waals surface area contributed by atoms with Crippen molar-refractivity contribution in [3.8, 4) is 0 Å². The molecule has 2 aromatic carbocycles. The maximum atomic E-state index is 15.0. The molecule has 1 fully saturated rings. The van der Waals surface area contributed by atoms with Crippen LogP contribution < -0.4 is 11.1 Å². The second-order valence-electron chi connectivity index (χ2n) is 11.5. The SMILES string of the molecule is COCCCn1c(C2CCCN(C(=O)CC(N)Cc3ccc(NC(=O)c4cncn4C)cc3)C2)c(C)c2cccc(F)c21. The molecule has 3 N–H and O–H groups in total. The summed E-state index contributed by atoms with van der Waals surface area (Å²) in [4.78, 5) is 31.8. The summed E-state index contributed by atoms with van der Waals surface area (Å²) in [7, 11) is 3.44. The van der Waals surface area contributed by atoms with Crippen LogP contribution in [0.3, 0.4) is 0 Å². The number of likely N-dealkylation sites (tertiary alicyclic amines) is 1. The molecular weight excluding hydrogens is 547 g/mol. The van der Waals surface area contributed by atoms with Crippen molar-refractivity contribution < 1.29 is 18.7 Å². The minimum absolute atomic E-state index is 0.0446. The number of halogens is 1. The minimum atomic E-state index is -0.334. The van der Waals surface area contributed by atoms with Crippen LogP contribution >= 0.6 is 0 Å². The molecule has 0 bridgehead atoms. The van der Waals surface area contributed by atoms with Gasteiger partial charge in [-0.15, -0.1) is 0 Å². The van der Waals surface area contributed by atoms with Gasteiger partial charge in [-0.1, -0.05) is 24.3 Å². The molecule has 1 saturated heterocycles. The first kappa shape index (κ1) is 30.4. The van der Waals surface area contributed by atoms with E-state index >= 15 is 4.39 Å². The Bertz CT molecular complexity index is 1580. The van der Waals surface area contributed by atoms with Gasteiger partial charge in [0.05, 0.1) is 18.0 Å². The number of fused-ring (bicyclic) bond motifs is 1. The fraction of sp³-hybridized carbons (Fsp3) is 0.424. The highest BCUT2D eigenvalue weighted by Gasteiger charge is 2.30. The second kappa shape index (κ2) is 13.5. The summed E-state index contributed by atoms with van der Waals surface area (Å²) in [6.45, 7) is 4.62. The minimum Gasteiger partial charge on any atom is -0.385 e. The van der Waals surface area contributed by atoms with E-state index < -0.39 is 0 Å². The number of benzene rings is 2. The molecule has 2 amide bonds. The van der Waals surface area contributed by atoms with Crippen molar-refractivity contribution in [2.75, 3.05) is 32.1 Å². The van der Waals surface area contributed by atoms with Gasteiger partial charge >= 0.3 is 0 Å². The Morgan fingerprint density at radius 2 is 2.00 bits per heavy atom. The number of methoxy groups -OCH3 is 1. The first-order chi connectivity index (χ1) is 20.8. The van der Waals surface area contributed by atoms with Crippen LogP contribution in [0.1, 0.15) is 58.9 Å². The molecule has 2 unspecified atom stereocenters. The molecule has 0 radical (unpaired) electrons. The highest BCUT2D eigenvalue weighted by molar-refractivity contribution is 6.02. The molecule has 0 spiro atoms. The van der Waals surface area contributed by atoms with Crippen molar-refractivity contribution >= 4 is 28.4 Å². The Morgan fingerprint density at radius 3 is 2.72 bits per heavy atom. The van der Waals surface area contributed by atoms with Gasteiger partial charge in [-0.2, -0.15) is 0 Å². The zero-order chi connectivity index (χ0) is 30.5. The topological polar surface area (TPSA) is 107 Å². The number of hydrogen-bond acceptors (Lipinski definition) is 5. The van der Waals surface area contributed by atoms with Crippen molar-refractivity contribution in [1.82, 2.24) is 19.0 Å².